The summed E-state index contributed by atoms with van der Waals surface area (Å²) in [5, 5.41) is 8.25. The Morgan fingerprint density at radius 3 is 2.55 bits per heavy atom. The van der Waals surface area contributed by atoms with Gasteiger partial charge in [0.25, 0.3) is 5.91 Å². The Labute approximate surface area is 174 Å². The van der Waals surface area contributed by atoms with Gasteiger partial charge in [0.15, 0.2) is 11.5 Å². The normalized spacial score (nSPS) is 15.7. The Morgan fingerprint density at radius 2 is 1.83 bits per heavy atom. The van der Waals surface area contributed by atoms with Crippen LogP contribution in [0, 0.1) is 5.82 Å². The van der Waals surface area contributed by atoms with Gasteiger partial charge in [0.05, 0.1) is 12.2 Å². The van der Waals surface area contributed by atoms with Crippen LogP contribution in [0.25, 0.3) is 0 Å². The molecule has 2 aliphatic rings. The second kappa shape index (κ2) is 8.20. The first-order valence-corrected chi connectivity index (χ1v) is 9.81. The van der Waals surface area contributed by atoms with Crippen LogP contribution in [-0.4, -0.2) is 35.7 Å². The van der Waals surface area contributed by atoms with E-state index in [1.54, 1.807) is 24.3 Å². The Kier molecular flexibility index (Phi) is 5.48. The van der Waals surface area contributed by atoms with Gasteiger partial charge in [-0.25, -0.2) is 9.40 Å². The summed E-state index contributed by atoms with van der Waals surface area (Å²) in [5.74, 6) is 0.207. The topological polar surface area (TPSA) is 80.2 Å². The van der Waals surface area contributed by atoms with E-state index in [4.69, 9.17) is 9.47 Å². The Balaban J connectivity index is 1.50. The maximum Gasteiger partial charge on any atom is 0.271 e. The minimum Gasteiger partial charge on any atom is -0.486 e. The number of nitrogens with zero attached hydrogens (tertiary/aromatic N) is 2. The second-order valence-electron chi connectivity index (χ2n) is 6.55. The van der Waals surface area contributed by atoms with Gasteiger partial charge in [0.1, 0.15) is 24.7 Å². The van der Waals surface area contributed by atoms with E-state index < -0.39 is 5.91 Å². The molecule has 0 saturated heterocycles. The highest BCUT2D eigenvalue weighted by Gasteiger charge is 2.25. The number of anilines is 1. The van der Waals surface area contributed by atoms with Crippen molar-refractivity contribution in [3.8, 4) is 11.5 Å². The molecule has 2 amide bonds. The predicted molar refractivity (Wildman–Crippen MR) is 107 cm³/mol. The number of ether oxygens (including phenoxy) is 2. The van der Waals surface area contributed by atoms with Gasteiger partial charge in [0.2, 0.25) is 5.91 Å². The molecule has 0 fully saturated rings. The summed E-state index contributed by atoms with van der Waals surface area (Å²) >= 11 is 3.41. The van der Waals surface area contributed by atoms with Gasteiger partial charge >= 0.3 is 0 Å². The predicted octanol–water partition coefficient (Wildman–Crippen LogP) is 3.48. The van der Waals surface area contributed by atoms with Gasteiger partial charge < -0.3 is 14.8 Å². The third-order valence-electron chi connectivity index (χ3n) is 4.49. The van der Waals surface area contributed by atoms with Crippen LogP contribution in [0.5, 0.6) is 11.5 Å². The summed E-state index contributed by atoms with van der Waals surface area (Å²) in [6.07, 6.45) is 0.419. The molecule has 0 atom stereocenters. The lowest BCUT2D eigenvalue weighted by atomic mass is 10.1. The van der Waals surface area contributed by atoms with E-state index in [-0.39, 0.29) is 36.8 Å². The number of carbonyl (C=O) groups excluding carboxylic acids is 2. The van der Waals surface area contributed by atoms with E-state index >= 15 is 0 Å². The average molecular weight is 462 g/mol. The number of hydrazone groups is 1. The molecule has 0 saturated carbocycles. The average Bonchev–Trinajstić information content (AvgIpc) is 2.71. The van der Waals surface area contributed by atoms with Crippen molar-refractivity contribution in [2.24, 2.45) is 5.10 Å². The lowest BCUT2D eigenvalue weighted by Crippen LogP contribution is -2.36. The van der Waals surface area contributed by atoms with Crippen LogP contribution >= 0.6 is 15.9 Å². The molecule has 2 aromatic carbocycles. The van der Waals surface area contributed by atoms with Crippen LogP contribution in [0.15, 0.2) is 46.0 Å². The van der Waals surface area contributed by atoms with Gasteiger partial charge in [-0.05, 0) is 33.6 Å². The molecule has 9 heteroatoms. The molecule has 0 spiro atoms. The fourth-order valence-corrected chi connectivity index (χ4v) is 3.43. The summed E-state index contributed by atoms with van der Waals surface area (Å²) in [4.78, 5) is 24.9. The van der Waals surface area contributed by atoms with E-state index in [1.165, 1.54) is 17.1 Å². The fourth-order valence-electron chi connectivity index (χ4n) is 3.01. The van der Waals surface area contributed by atoms with Crippen molar-refractivity contribution in [3.05, 3.63) is 52.3 Å². The van der Waals surface area contributed by atoms with E-state index in [1.807, 2.05) is 0 Å². The maximum absolute atomic E-state index is 13.1. The summed E-state index contributed by atoms with van der Waals surface area (Å²) in [6, 6.07) is 9.22. The lowest BCUT2D eigenvalue weighted by Gasteiger charge is -2.24. The van der Waals surface area contributed by atoms with E-state index in [0.29, 0.717) is 34.9 Å². The minimum atomic E-state index is -0.404. The number of amides is 2. The number of fused-ring (bicyclic) bond motifs is 1. The number of hydrogen-bond acceptors (Lipinski definition) is 5. The highest BCUT2D eigenvalue weighted by atomic mass is 79.9. The van der Waals surface area contributed by atoms with Crippen LogP contribution in [0.2, 0.25) is 0 Å². The molecule has 0 radical (unpaired) electrons. The molecule has 4 rings (SSSR count). The summed E-state index contributed by atoms with van der Waals surface area (Å²) in [7, 11) is 0. The molecule has 7 nitrogen and oxygen atoms in total. The third kappa shape index (κ3) is 4.40. The van der Waals surface area contributed by atoms with Crippen molar-refractivity contribution >= 4 is 39.1 Å². The zero-order valence-electron chi connectivity index (χ0n) is 15.3. The third-order valence-corrected chi connectivity index (χ3v) is 5.15. The van der Waals surface area contributed by atoms with Crippen molar-refractivity contribution < 1.29 is 23.5 Å². The van der Waals surface area contributed by atoms with Crippen LogP contribution in [0.1, 0.15) is 18.4 Å². The van der Waals surface area contributed by atoms with Crippen LogP contribution in [0.3, 0.4) is 0 Å². The van der Waals surface area contributed by atoms with Crippen molar-refractivity contribution in [2.75, 3.05) is 18.5 Å². The Hall–Kier alpha value is -2.94. The first-order chi connectivity index (χ1) is 14.0. The van der Waals surface area contributed by atoms with Gasteiger partial charge in [0, 0.05) is 29.4 Å². The van der Waals surface area contributed by atoms with Crippen molar-refractivity contribution in [2.45, 2.75) is 19.4 Å². The molecule has 0 aromatic heterocycles. The molecular weight excluding hydrogens is 445 g/mol. The first kappa shape index (κ1) is 19.4. The largest absolute Gasteiger partial charge is 0.486 e. The van der Waals surface area contributed by atoms with Crippen LogP contribution < -0.4 is 14.8 Å². The lowest BCUT2D eigenvalue weighted by molar-refractivity contribution is -0.132. The van der Waals surface area contributed by atoms with Gasteiger partial charge in [-0.2, -0.15) is 5.10 Å². The second-order valence-corrected chi connectivity index (χ2v) is 7.41. The number of nitrogens with one attached hydrogen (secondary N) is 1. The molecule has 2 heterocycles. The van der Waals surface area contributed by atoms with E-state index in [9.17, 15) is 14.0 Å². The molecule has 150 valence electrons. The summed E-state index contributed by atoms with van der Waals surface area (Å²) in [5.41, 5.74) is 1.48. The monoisotopic (exact) mass is 461 g/mol. The standard InChI is InChI=1S/C20H17BrFN3O4/c21-14-9-17-18(29-8-7-28-17)10-16(14)23-20(27)15-5-6-19(26)25(24-15)11-12-1-3-13(22)4-2-12/h1-4,9-10H,5-8,11H2,(H,23,27). The molecular formula is C20H17BrFN3O4. The highest BCUT2D eigenvalue weighted by molar-refractivity contribution is 9.10. The molecule has 0 bridgehead atoms. The molecule has 2 aliphatic heterocycles. The minimum absolute atomic E-state index is 0.170. The quantitative estimate of drug-likeness (QED) is 0.755. The molecule has 0 aliphatic carbocycles. The number of hydrogen-bond donors (Lipinski definition) is 1. The van der Waals surface area contributed by atoms with Crippen LogP contribution in [-0.2, 0) is 16.1 Å². The van der Waals surface area contributed by atoms with Gasteiger partial charge in [-0.15, -0.1) is 0 Å². The van der Waals surface area contributed by atoms with Gasteiger partial charge in [-0.3, -0.25) is 9.59 Å². The van der Waals surface area contributed by atoms with Crippen molar-refractivity contribution in [3.63, 3.8) is 0 Å². The van der Waals surface area contributed by atoms with E-state index in [2.05, 4.69) is 26.3 Å². The number of rotatable bonds is 4. The Bertz CT molecular complexity index is 994. The maximum atomic E-state index is 13.1. The molecule has 29 heavy (non-hydrogen) atoms. The Morgan fingerprint density at radius 1 is 1.14 bits per heavy atom. The number of halogens is 2. The molecule has 1 N–H and O–H groups in total. The fraction of sp³-hybridized carbons (Fsp3) is 0.250. The SMILES string of the molecule is O=C(Nc1cc2c(cc1Br)OCCO2)C1=NN(Cc2ccc(F)cc2)C(=O)CC1. The highest BCUT2D eigenvalue weighted by Crippen LogP contribution is 2.38. The zero-order valence-corrected chi connectivity index (χ0v) is 16.9. The molecule has 2 aromatic rings. The smallest absolute Gasteiger partial charge is 0.271 e. The number of carbonyl (C=O) groups is 2. The van der Waals surface area contributed by atoms with E-state index in [0.717, 1.165) is 5.56 Å². The number of benzene rings is 2. The van der Waals surface area contributed by atoms with Crippen molar-refractivity contribution in [1.82, 2.24) is 5.01 Å². The first-order valence-electron chi connectivity index (χ1n) is 9.02. The summed E-state index contributed by atoms with van der Waals surface area (Å²) < 4.78 is 24.8. The van der Waals surface area contributed by atoms with Gasteiger partial charge in [-0.1, -0.05) is 12.1 Å². The van der Waals surface area contributed by atoms with Crippen molar-refractivity contribution in [1.29, 1.82) is 0 Å². The van der Waals surface area contributed by atoms with Crippen LogP contribution in [0.4, 0.5) is 10.1 Å². The summed E-state index contributed by atoms with van der Waals surface area (Å²) in [6.45, 7) is 1.08. The zero-order chi connectivity index (χ0) is 20.4. The molecule has 0 unspecified atom stereocenters.